The van der Waals surface area contributed by atoms with Crippen LogP contribution >= 0.6 is 0 Å². The SMILES string of the molecule is Cc1cccc(CCNC2CC3CCC2C3)c1. The number of aryl methyl sites for hydroxylation is 1. The molecule has 3 unspecified atom stereocenters. The van der Waals surface area contributed by atoms with Crippen molar-refractivity contribution in [2.24, 2.45) is 11.8 Å². The molecule has 3 atom stereocenters. The Balaban J connectivity index is 1.46. The molecular weight excluding hydrogens is 206 g/mol. The van der Waals surface area contributed by atoms with Crippen LogP contribution in [0.25, 0.3) is 0 Å². The molecule has 3 rings (SSSR count). The van der Waals surface area contributed by atoms with E-state index in [1.54, 1.807) is 0 Å². The summed E-state index contributed by atoms with van der Waals surface area (Å²) >= 11 is 0. The lowest BCUT2D eigenvalue weighted by Gasteiger charge is -2.23. The first kappa shape index (κ1) is 11.3. The molecule has 0 aromatic heterocycles. The average molecular weight is 229 g/mol. The molecule has 1 nitrogen and oxygen atoms in total. The molecule has 92 valence electrons. The highest BCUT2D eigenvalue weighted by atomic mass is 14.9. The van der Waals surface area contributed by atoms with E-state index < -0.39 is 0 Å². The molecule has 17 heavy (non-hydrogen) atoms. The molecule has 1 aromatic carbocycles. The highest BCUT2D eigenvalue weighted by Gasteiger charge is 2.38. The van der Waals surface area contributed by atoms with Crippen LogP contribution in [0, 0.1) is 18.8 Å². The van der Waals surface area contributed by atoms with Gasteiger partial charge in [0.05, 0.1) is 0 Å². The third-order valence-electron chi connectivity index (χ3n) is 4.64. The van der Waals surface area contributed by atoms with Gasteiger partial charge in [-0.05, 0) is 56.6 Å². The van der Waals surface area contributed by atoms with Gasteiger partial charge in [0.1, 0.15) is 0 Å². The molecule has 0 spiro atoms. The maximum atomic E-state index is 3.78. The Morgan fingerprint density at radius 3 is 2.88 bits per heavy atom. The fourth-order valence-electron chi connectivity index (χ4n) is 3.76. The summed E-state index contributed by atoms with van der Waals surface area (Å²) in [7, 11) is 0. The Kier molecular flexibility index (Phi) is 3.19. The second-order valence-electron chi connectivity index (χ2n) is 5.97. The van der Waals surface area contributed by atoms with Crippen molar-refractivity contribution in [2.45, 2.75) is 45.1 Å². The largest absolute Gasteiger partial charge is 0.313 e. The van der Waals surface area contributed by atoms with Crippen LogP contribution in [-0.4, -0.2) is 12.6 Å². The van der Waals surface area contributed by atoms with Crippen molar-refractivity contribution in [3.05, 3.63) is 35.4 Å². The number of rotatable bonds is 4. The van der Waals surface area contributed by atoms with Crippen molar-refractivity contribution >= 4 is 0 Å². The van der Waals surface area contributed by atoms with E-state index in [4.69, 9.17) is 0 Å². The minimum Gasteiger partial charge on any atom is -0.313 e. The van der Waals surface area contributed by atoms with Crippen molar-refractivity contribution in [3.8, 4) is 0 Å². The van der Waals surface area contributed by atoms with Crippen LogP contribution in [0.1, 0.15) is 36.8 Å². The zero-order chi connectivity index (χ0) is 11.7. The molecule has 1 N–H and O–H groups in total. The molecule has 0 amide bonds. The van der Waals surface area contributed by atoms with Crippen LogP contribution in [0.5, 0.6) is 0 Å². The maximum Gasteiger partial charge on any atom is 0.00981 e. The number of nitrogens with one attached hydrogen (secondary N) is 1. The van der Waals surface area contributed by atoms with Gasteiger partial charge in [-0.3, -0.25) is 0 Å². The van der Waals surface area contributed by atoms with Gasteiger partial charge >= 0.3 is 0 Å². The summed E-state index contributed by atoms with van der Waals surface area (Å²) in [4.78, 5) is 0. The monoisotopic (exact) mass is 229 g/mol. The highest BCUT2D eigenvalue weighted by Crippen LogP contribution is 2.44. The van der Waals surface area contributed by atoms with E-state index in [0.29, 0.717) is 0 Å². The predicted octanol–water partition coefficient (Wildman–Crippen LogP) is 3.32. The number of benzene rings is 1. The smallest absolute Gasteiger partial charge is 0.00981 e. The number of hydrogen-bond acceptors (Lipinski definition) is 1. The minimum absolute atomic E-state index is 0.832. The van der Waals surface area contributed by atoms with Crippen LogP contribution in [0.3, 0.4) is 0 Å². The fraction of sp³-hybridized carbons (Fsp3) is 0.625. The van der Waals surface area contributed by atoms with E-state index >= 15 is 0 Å². The summed E-state index contributed by atoms with van der Waals surface area (Å²) in [6.07, 6.45) is 7.10. The van der Waals surface area contributed by atoms with Crippen LogP contribution in [0.4, 0.5) is 0 Å². The summed E-state index contributed by atoms with van der Waals surface area (Å²) in [6.45, 7) is 3.32. The standard InChI is InChI=1S/C16H23N/c1-12-3-2-4-13(9-12)7-8-17-16-11-14-5-6-15(16)10-14/h2-4,9,14-17H,5-8,10-11H2,1H3. The molecule has 2 saturated carbocycles. The van der Waals surface area contributed by atoms with E-state index in [1.165, 1.54) is 43.2 Å². The molecular formula is C16H23N. The van der Waals surface area contributed by atoms with Crippen molar-refractivity contribution in [1.29, 1.82) is 0 Å². The number of hydrogen-bond donors (Lipinski definition) is 1. The van der Waals surface area contributed by atoms with Gasteiger partial charge in [-0.25, -0.2) is 0 Å². The van der Waals surface area contributed by atoms with Crippen LogP contribution in [-0.2, 0) is 6.42 Å². The van der Waals surface area contributed by atoms with E-state index in [-0.39, 0.29) is 0 Å². The van der Waals surface area contributed by atoms with Crippen molar-refractivity contribution in [2.75, 3.05) is 6.54 Å². The van der Waals surface area contributed by atoms with Gasteiger partial charge in [-0.1, -0.05) is 36.2 Å². The quantitative estimate of drug-likeness (QED) is 0.835. The molecule has 0 heterocycles. The second-order valence-corrected chi connectivity index (χ2v) is 5.97. The number of fused-ring (bicyclic) bond motifs is 2. The Hall–Kier alpha value is -0.820. The lowest BCUT2D eigenvalue weighted by molar-refractivity contribution is 0.354. The first-order valence-electron chi connectivity index (χ1n) is 7.10. The summed E-state index contributed by atoms with van der Waals surface area (Å²) in [5.41, 5.74) is 2.85. The van der Waals surface area contributed by atoms with E-state index in [1.807, 2.05) is 0 Å². The van der Waals surface area contributed by atoms with Gasteiger partial charge in [0.15, 0.2) is 0 Å². The predicted molar refractivity (Wildman–Crippen MR) is 72.1 cm³/mol. The molecule has 0 aliphatic heterocycles. The van der Waals surface area contributed by atoms with E-state index in [2.05, 4.69) is 36.5 Å². The van der Waals surface area contributed by atoms with Crippen LogP contribution in [0.2, 0.25) is 0 Å². The molecule has 1 aromatic rings. The molecule has 2 bridgehead atoms. The average Bonchev–Trinajstić information content (AvgIpc) is 2.91. The Morgan fingerprint density at radius 1 is 1.24 bits per heavy atom. The molecule has 2 fully saturated rings. The van der Waals surface area contributed by atoms with Crippen molar-refractivity contribution < 1.29 is 0 Å². The second kappa shape index (κ2) is 4.81. The zero-order valence-electron chi connectivity index (χ0n) is 10.8. The first-order chi connectivity index (χ1) is 8.31. The lowest BCUT2D eigenvalue weighted by Crippen LogP contribution is -2.35. The van der Waals surface area contributed by atoms with Crippen LogP contribution < -0.4 is 5.32 Å². The van der Waals surface area contributed by atoms with Gasteiger partial charge < -0.3 is 5.32 Å². The van der Waals surface area contributed by atoms with Crippen molar-refractivity contribution in [3.63, 3.8) is 0 Å². The summed E-state index contributed by atoms with van der Waals surface area (Å²) in [5, 5.41) is 3.78. The molecule has 0 saturated heterocycles. The summed E-state index contributed by atoms with van der Waals surface area (Å²) < 4.78 is 0. The Morgan fingerprint density at radius 2 is 2.18 bits per heavy atom. The van der Waals surface area contributed by atoms with Gasteiger partial charge in [0.2, 0.25) is 0 Å². The first-order valence-corrected chi connectivity index (χ1v) is 7.10. The molecule has 2 aliphatic rings. The van der Waals surface area contributed by atoms with Crippen molar-refractivity contribution in [1.82, 2.24) is 5.32 Å². The third-order valence-corrected chi connectivity index (χ3v) is 4.64. The summed E-state index contributed by atoms with van der Waals surface area (Å²) in [5.74, 6) is 2.05. The normalized spacial score (nSPS) is 31.0. The fourth-order valence-corrected chi connectivity index (χ4v) is 3.76. The molecule has 0 radical (unpaired) electrons. The van der Waals surface area contributed by atoms with E-state index in [9.17, 15) is 0 Å². The zero-order valence-corrected chi connectivity index (χ0v) is 10.8. The van der Waals surface area contributed by atoms with Gasteiger partial charge in [0, 0.05) is 6.04 Å². The van der Waals surface area contributed by atoms with Gasteiger partial charge in [-0.15, -0.1) is 0 Å². The maximum absolute atomic E-state index is 3.78. The van der Waals surface area contributed by atoms with Crippen LogP contribution in [0.15, 0.2) is 24.3 Å². The molecule has 2 aliphatic carbocycles. The third kappa shape index (κ3) is 2.55. The lowest BCUT2D eigenvalue weighted by atomic mass is 9.95. The Labute approximate surface area is 105 Å². The minimum atomic E-state index is 0.832. The van der Waals surface area contributed by atoms with E-state index in [0.717, 1.165) is 24.4 Å². The van der Waals surface area contributed by atoms with Gasteiger partial charge in [-0.2, -0.15) is 0 Å². The van der Waals surface area contributed by atoms with Gasteiger partial charge in [0.25, 0.3) is 0 Å². The summed E-state index contributed by atoms with van der Waals surface area (Å²) in [6, 6.07) is 9.73. The topological polar surface area (TPSA) is 12.0 Å². The highest BCUT2D eigenvalue weighted by molar-refractivity contribution is 5.22. The molecule has 1 heteroatoms. The Bertz CT molecular complexity index is 385.